The van der Waals surface area contributed by atoms with Gasteiger partial charge in [0.2, 0.25) is 0 Å². The Morgan fingerprint density at radius 3 is 2.55 bits per heavy atom. The first kappa shape index (κ1) is 18.2. The van der Waals surface area contributed by atoms with Gasteiger partial charge in [0.15, 0.2) is 16.6 Å². The number of aryl methyl sites for hydroxylation is 2. The Morgan fingerprint density at radius 1 is 1.00 bits per heavy atom. The van der Waals surface area contributed by atoms with Gasteiger partial charge in [-0.2, -0.15) is 0 Å². The molecule has 6 nitrogen and oxygen atoms in total. The summed E-state index contributed by atoms with van der Waals surface area (Å²) in [6.07, 6.45) is 0. The zero-order valence-corrected chi connectivity index (χ0v) is 17.4. The maximum absolute atomic E-state index is 12.9. The Labute approximate surface area is 173 Å². The maximum atomic E-state index is 12.9. The van der Waals surface area contributed by atoms with Crippen LogP contribution in [0.2, 0.25) is 0 Å². The number of ether oxygens (including phenoxy) is 2. The van der Waals surface area contributed by atoms with Crippen LogP contribution in [0.4, 0.5) is 5.13 Å². The highest BCUT2D eigenvalue weighted by Crippen LogP contribution is 2.33. The second-order valence-corrected chi connectivity index (χ2v) is 8.50. The van der Waals surface area contributed by atoms with E-state index in [1.165, 1.54) is 15.8 Å². The molecule has 0 N–H and O–H groups in total. The van der Waals surface area contributed by atoms with Crippen LogP contribution in [-0.2, 0) is 0 Å². The maximum Gasteiger partial charge on any atom is 0.254 e. The minimum absolute atomic E-state index is 0.0393. The molecule has 1 amide bonds. The molecule has 0 aliphatic carbocycles. The number of anilines is 1. The number of rotatable bonds is 2. The Hall–Kier alpha value is -2.80. The molecule has 3 aromatic rings. The van der Waals surface area contributed by atoms with Crippen molar-refractivity contribution in [2.24, 2.45) is 0 Å². The van der Waals surface area contributed by atoms with E-state index in [0.717, 1.165) is 23.7 Å². The van der Waals surface area contributed by atoms with E-state index in [1.807, 2.05) is 17.0 Å². The third-order valence-electron chi connectivity index (χ3n) is 5.70. The molecule has 2 aromatic carbocycles. The van der Waals surface area contributed by atoms with Gasteiger partial charge in [-0.3, -0.25) is 4.79 Å². The van der Waals surface area contributed by atoms with Crippen molar-refractivity contribution in [1.29, 1.82) is 0 Å². The Balaban J connectivity index is 1.29. The van der Waals surface area contributed by atoms with Crippen LogP contribution in [0, 0.1) is 13.8 Å². The summed E-state index contributed by atoms with van der Waals surface area (Å²) < 4.78 is 12.4. The number of nitrogens with zero attached hydrogens (tertiary/aromatic N) is 3. The van der Waals surface area contributed by atoms with Gasteiger partial charge in [0.05, 0.1) is 10.2 Å². The lowest BCUT2D eigenvalue weighted by atomic mass is 10.1. The second-order valence-electron chi connectivity index (χ2n) is 7.49. The van der Waals surface area contributed by atoms with E-state index in [1.54, 1.807) is 17.4 Å². The smallest absolute Gasteiger partial charge is 0.254 e. The van der Waals surface area contributed by atoms with Crippen LogP contribution in [0.1, 0.15) is 21.5 Å². The fraction of sp³-hybridized carbons (Fsp3) is 0.364. The lowest BCUT2D eigenvalue weighted by Gasteiger charge is -2.34. The molecular formula is C22H23N3O3S. The molecule has 0 unspecified atom stereocenters. The number of piperazine rings is 1. The summed E-state index contributed by atoms with van der Waals surface area (Å²) in [5.41, 5.74) is 4.26. The molecule has 1 fully saturated rings. The number of carbonyl (C=O) groups is 1. The molecule has 150 valence electrons. The molecule has 0 atom stereocenters. The van der Waals surface area contributed by atoms with Gasteiger partial charge in [0, 0.05) is 31.7 Å². The van der Waals surface area contributed by atoms with Crippen molar-refractivity contribution in [2.45, 2.75) is 13.8 Å². The second kappa shape index (κ2) is 7.22. The highest BCUT2D eigenvalue weighted by molar-refractivity contribution is 7.22. The van der Waals surface area contributed by atoms with E-state index in [0.29, 0.717) is 43.4 Å². The van der Waals surface area contributed by atoms with E-state index in [-0.39, 0.29) is 5.91 Å². The van der Waals surface area contributed by atoms with Crippen LogP contribution in [0.5, 0.6) is 11.5 Å². The van der Waals surface area contributed by atoms with Gasteiger partial charge < -0.3 is 19.3 Å². The first-order chi connectivity index (χ1) is 14.1. The first-order valence-electron chi connectivity index (χ1n) is 9.91. The monoisotopic (exact) mass is 409 g/mol. The molecule has 0 bridgehead atoms. The Kier molecular flexibility index (Phi) is 4.54. The van der Waals surface area contributed by atoms with Crippen LogP contribution in [-0.4, -0.2) is 55.2 Å². The van der Waals surface area contributed by atoms with E-state index >= 15 is 0 Å². The zero-order chi connectivity index (χ0) is 20.0. The van der Waals surface area contributed by atoms with E-state index in [4.69, 9.17) is 14.5 Å². The summed E-state index contributed by atoms with van der Waals surface area (Å²) in [6, 6.07) is 9.75. The fourth-order valence-electron chi connectivity index (χ4n) is 3.81. The summed E-state index contributed by atoms with van der Waals surface area (Å²) in [6.45, 7) is 8.25. The predicted octanol–water partition coefficient (Wildman–Crippen LogP) is 3.65. The summed E-state index contributed by atoms with van der Waals surface area (Å²) in [5.74, 6) is 1.40. The quantitative estimate of drug-likeness (QED) is 0.647. The summed E-state index contributed by atoms with van der Waals surface area (Å²) in [5, 5.41) is 1.04. The van der Waals surface area contributed by atoms with Crippen molar-refractivity contribution in [3.63, 3.8) is 0 Å². The number of carbonyl (C=O) groups excluding carboxylic acids is 1. The van der Waals surface area contributed by atoms with Crippen molar-refractivity contribution >= 4 is 32.6 Å². The SMILES string of the molecule is Cc1ccc2sc(N3CCN(C(=O)c4ccc5c(c4)OCCO5)CC3)nc2c1C. The topological polar surface area (TPSA) is 54.9 Å². The first-order valence-corrected chi connectivity index (χ1v) is 10.7. The number of fused-ring (bicyclic) bond motifs is 2. The molecule has 5 rings (SSSR count). The van der Waals surface area contributed by atoms with Gasteiger partial charge >= 0.3 is 0 Å². The number of hydrogen-bond donors (Lipinski definition) is 0. The van der Waals surface area contributed by atoms with Crippen LogP contribution in [0.25, 0.3) is 10.2 Å². The molecule has 2 aliphatic rings. The average molecular weight is 410 g/mol. The van der Waals surface area contributed by atoms with Gasteiger partial charge in [-0.15, -0.1) is 0 Å². The number of hydrogen-bond acceptors (Lipinski definition) is 6. The molecular weight excluding hydrogens is 386 g/mol. The molecule has 7 heteroatoms. The van der Waals surface area contributed by atoms with Gasteiger partial charge in [0.25, 0.3) is 5.91 Å². The minimum atomic E-state index is 0.0393. The van der Waals surface area contributed by atoms with Crippen molar-refractivity contribution in [2.75, 3.05) is 44.3 Å². The molecule has 0 saturated carbocycles. The minimum Gasteiger partial charge on any atom is -0.486 e. The van der Waals surface area contributed by atoms with E-state index in [2.05, 4.69) is 30.9 Å². The molecule has 0 radical (unpaired) electrons. The van der Waals surface area contributed by atoms with E-state index in [9.17, 15) is 4.79 Å². The highest BCUT2D eigenvalue weighted by atomic mass is 32.1. The van der Waals surface area contributed by atoms with Gasteiger partial charge in [0.1, 0.15) is 13.2 Å². The summed E-state index contributed by atoms with van der Waals surface area (Å²) >= 11 is 1.73. The lowest BCUT2D eigenvalue weighted by molar-refractivity contribution is 0.0745. The average Bonchev–Trinajstić information content (AvgIpc) is 3.21. The largest absolute Gasteiger partial charge is 0.486 e. The molecule has 0 spiro atoms. The number of amides is 1. The number of aromatic nitrogens is 1. The third kappa shape index (κ3) is 3.29. The zero-order valence-electron chi connectivity index (χ0n) is 16.6. The van der Waals surface area contributed by atoms with Crippen molar-refractivity contribution < 1.29 is 14.3 Å². The summed E-state index contributed by atoms with van der Waals surface area (Å²) in [7, 11) is 0. The van der Waals surface area contributed by atoms with Gasteiger partial charge in [-0.25, -0.2) is 4.98 Å². The van der Waals surface area contributed by atoms with Crippen LogP contribution in [0.15, 0.2) is 30.3 Å². The lowest BCUT2D eigenvalue weighted by Crippen LogP contribution is -2.48. The van der Waals surface area contributed by atoms with Crippen LogP contribution < -0.4 is 14.4 Å². The fourth-order valence-corrected chi connectivity index (χ4v) is 4.89. The Bertz CT molecular complexity index is 1090. The normalized spacial score (nSPS) is 16.3. The standard InChI is InChI=1S/C22H23N3O3S/c1-14-3-6-19-20(15(14)2)23-22(29-19)25-9-7-24(8-10-25)21(26)16-4-5-17-18(13-16)28-12-11-27-17/h3-6,13H,7-12H2,1-2H3. The Morgan fingerprint density at radius 2 is 1.76 bits per heavy atom. The molecule has 2 aliphatic heterocycles. The summed E-state index contributed by atoms with van der Waals surface area (Å²) in [4.78, 5) is 22.0. The van der Waals surface area contributed by atoms with Gasteiger partial charge in [-0.1, -0.05) is 17.4 Å². The van der Waals surface area contributed by atoms with Crippen LogP contribution >= 0.6 is 11.3 Å². The van der Waals surface area contributed by atoms with Crippen molar-refractivity contribution in [1.82, 2.24) is 9.88 Å². The molecule has 29 heavy (non-hydrogen) atoms. The number of thiazole rings is 1. The van der Waals surface area contributed by atoms with E-state index < -0.39 is 0 Å². The van der Waals surface area contributed by atoms with Crippen LogP contribution in [0.3, 0.4) is 0 Å². The molecule has 3 heterocycles. The third-order valence-corrected chi connectivity index (χ3v) is 6.78. The predicted molar refractivity (Wildman–Crippen MR) is 115 cm³/mol. The van der Waals surface area contributed by atoms with Crippen molar-refractivity contribution in [3.05, 3.63) is 47.0 Å². The van der Waals surface area contributed by atoms with Crippen molar-refractivity contribution in [3.8, 4) is 11.5 Å². The van der Waals surface area contributed by atoms with Gasteiger partial charge in [-0.05, 0) is 49.2 Å². The number of benzene rings is 2. The molecule has 1 saturated heterocycles. The molecule has 1 aromatic heterocycles. The highest BCUT2D eigenvalue weighted by Gasteiger charge is 2.25.